The van der Waals surface area contributed by atoms with E-state index in [4.69, 9.17) is 0 Å². The summed E-state index contributed by atoms with van der Waals surface area (Å²) in [5.74, 6) is -0.309. The van der Waals surface area contributed by atoms with E-state index < -0.39 is 18.2 Å². The van der Waals surface area contributed by atoms with Crippen LogP contribution in [0.25, 0.3) is 0 Å². The maximum absolute atomic E-state index is 12.6. The number of nitrogens with one attached hydrogen (secondary N) is 1. The van der Waals surface area contributed by atoms with Gasteiger partial charge in [0, 0.05) is 0 Å². The first-order chi connectivity index (χ1) is 34.0. The SMILES string of the molecule is CCCCCCCCCCCCCC/C=C\CCCCCCCCCCCCCCCCCC(O)CC(=O)NC(CO)C(O)/C=C/CCCCCCCCCCCCCCCCCCCCCCC. The number of rotatable bonds is 59. The highest BCUT2D eigenvalue weighted by Gasteiger charge is 2.20. The molecule has 3 unspecified atom stereocenters. The molecule has 0 saturated heterocycles. The van der Waals surface area contributed by atoms with Crippen molar-refractivity contribution in [2.75, 3.05) is 6.61 Å². The molecule has 0 aromatic heterocycles. The molecule has 0 spiro atoms. The Hall–Kier alpha value is -1.17. The zero-order valence-corrected chi connectivity index (χ0v) is 47.0. The maximum Gasteiger partial charge on any atom is 0.222 e. The third-order valence-electron chi connectivity index (χ3n) is 15.0. The predicted molar refractivity (Wildman–Crippen MR) is 305 cm³/mol. The van der Waals surface area contributed by atoms with Crippen molar-refractivity contribution >= 4 is 5.91 Å². The van der Waals surface area contributed by atoms with Gasteiger partial charge in [0.25, 0.3) is 0 Å². The van der Waals surface area contributed by atoms with Gasteiger partial charge < -0.3 is 20.6 Å². The number of aliphatic hydroxyl groups is 3. The minimum atomic E-state index is -0.928. The Bertz CT molecular complexity index is 1030. The molecule has 0 aromatic carbocycles. The molecular formula is C64H125NO4. The van der Waals surface area contributed by atoms with Gasteiger partial charge in [-0.15, -0.1) is 0 Å². The van der Waals surface area contributed by atoms with Crippen LogP contribution >= 0.6 is 0 Å². The zero-order valence-electron chi connectivity index (χ0n) is 47.0. The van der Waals surface area contributed by atoms with E-state index in [-0.39, 0.29) is 18.9 Å². The molecule has 0 fully saturated rings. The van der Waals surface area contributed by atoms with Crippen molar-refractivity contribution in [1.82, 2.24) is 5.32 Å². The summed E-state index contributed by atoms with van der Waals surface area (Å²) >= 11 is 0. The van der Waals surface area contributed by atoms with E-state index in [9.17, 15) is 20.1 Å². The van der Waals surface area contributed by atoms with Crippen LogP contribution in [-0.4, -0.2) is 46.1 Å². The van der Waals surface area contributed by atoms with Crippen molar-refractivity contribution < 1.29 is 20.1 Å². The molecule has 0 bridgehead atoms. The summed E-state index contributed by atoms with van der Waals surface area (Å²) in [5, 5.41) is 33.6. The molecule has 410 valence electrons. The van der Waals surface area contributed by atoms with Crippen LogP contribution in [0.1, 0.15) is 354 Å². The number of hydrogen-bond acceptors (Lipinski definition) is 4. The van der Waals surface area contributed by atoms with Gasteiger partial charge in [0.05, 0.1) is 31.3 Å². The van der Waals surface area contributed by atoms with Gasteiger partial charge in [-0.2, -0.15) is 0 Å². The second-order valence-corrected chi connectivity index (χ2v) is 22.0. The summed E-state index contributed by atoms with van der Waals surface area (Å²) < 4.78 is 0. The molecule has 0 aliphatic rings. The van der Waals surface area contributed by atoms with Crippen molar-refractivity contribution in [2.24, 2.45) is 0 Å². The summed E-state index contributed by atoms with van der Waals surface area (Å²) in [6, 6.07) is -0.744. The average Bonchev–Trinajstić information content (AvgIpc) is 3.35. The van der Waals surface area contributed by atoms with Gasteiger partial charge in [0.1, 0.15) is 0 Å². The Labute approximate surface area is 432 Å². The lowest BCUT2D eigenvalue weighted by Crippen LogP contribution is -2.45. The average molecular weight is 973 g/mol. The molecule has 3 atom stereocenters. The number of aliphatic hydroxyl groups excluding tert-OH is 3. The molecule has 0 saturated carbocycles. The van der Waals surface area contributed by atoms with E-state index in [1.165, 1.54) is 302 Å². The summed E-state index contributed by atoms with van der Waals surface area (Å²) in [7, 11) is 0. The molecular weight excluding hydrogens is 847 g/mol. The molecule has 0 radical (unpaired) electrons. The van der Waals surface area contributed by atoms with Crippen LogP contribution in [0, 0.1) is 0 Å². The third-order valence-corrected chi connectivity index (χ3v) is 15.0. The van der Waals surface area contributed by atoms with Crippen LogP contribution in [0.2, 0.25) is 0 Å². The van der Waals surface area contributed by atoms with Crippen LogP contribution in [0.15, 0.2) is 24.3 Å². The fourth-order valence-electron chi connectivity index (χ4n) is 10.2. The van der Waals surface area contributed by atoms with Gasteiger partial charge in [-0.3, -0.25) is 4.79 Å². The van der Waals surface area contributed by atoms with Gasteiger partial charge in [-0.25, -0.2) is 0 Å². The van der Waals surface area contributed by atoms with Crippen molar-refractivity contribution in [3.63, 3.8) is 0 Å². The maximum atomic E-state index is 12.6. The minimum Gasteiger partial charge on any atom is -0.394 e. The molecule has 5 nitrogen and oxygen atoms in total. The Morgan fingerprint density at radius 1 is 0.362 bits per heavy atom. The highest BCUT2D eigenvalue weighted by Crippen LogP contribution is 2.18. The van der Waals surface area contributed by atoms with Crippen molar-refractivity contribution in [1.29, 1.82) is 0 Å². The largest absolute Gasteiger partial charge is 0.394 e. The van der Waals surface area contributed by atoms with Crippen LogP contribution in [0.4, 0.5) is 0 Å². The Morgan fingerprint density at radius 2 is 0.609 bits per heavy atom. The molecule has 5 heteroatoms. The fourth-order valence-corrected chi connectivity index (χ4v) is 10.2. The molecule has 1 amide bonds. The topological polar surface area (TPSA) is 89.8 Å². The highest BCUT2D eigenvalue weighted by atomic mass is 16.3. The lowest BCUT2D eigenvalue weighted by molar-refractivity contribution is -0.124. The van der Waals surface area contributed by atoms with E-state index >= 15 is 0 Å². The molecule has 0 aromatic rings. The van der Waals surface area contributed by atoms with Crippen molar-refractivity contribution in [3.8, 4) is 0 Å². The van der Waals surface area contributed by atoms with Gasteiger partial charge >= 0.3 is 0 Å². The van der Waals surface area contributed by atoms with Gasteiger partial charge in [-0.1, -0.05) is 327 Å². The third kappa shape index (κ3) is 56.0. The van der Waals surface area contributed by atoms with E-state index in [1.54, 1.807) is 6.08 Å². The van der Waals surface area contributed by atoms with E-state index in [1.807, 2.05) is 6.08 Å². The summed E-state index contributed by atoms with van der Waals surface area (Å²) in [5.41, 5.74) is 0. The fraction of sp³-hybridized carbons (Fsp3) is 0.922. The normalized spacial score (nSPS) is 13.3. The van der Waals surface area contributed by atoms with Crippen molar-refractivity contribution in [2.45, 2.75) is 372 Å². The summed E-state index contributed by atoms with van der Waals surface area (Å²) in [4.78, 5) is 12.6. The van der Waals surface area contributed by atoms with E-state index in [0.29, 0.717) is 6.42 Å². The number of hydrogen-bond donors (Lipinski definition) is 4. The number of carbonyl (C=O) groups is 1. The first-order valence-corrected chi connectivity index (χ1v) is 31.6. The number of amides is 1. The van der Waals surface area contributed by atoms with Crippen LogP contribution < -0.4 is 5.32 Å². The number of carbonyl (C=O) groups excluding carboxylic acids is 1. The summed E-state index contributed by atoms with van der Waals surface area (Å²) in [6.07, 6.45) is 76.8. The first-order valence-electron chi connectivity index (χ1n) is 31.6. The molecule has 0 rings (SSSR count). The monoisotopic (exact) mass is 972 g/mol. The number of allylic oxidation sites excluding steroid dienone is 3. The number of unbranched alkanes of at least 4 members (excludes halogenated alkanes) is 48. The Morgan fingerprint density at radius 3 is 0.884 bits per heavy atom. The van der Waals surface area contributed by atoms with Gasteiger partial charge in [-0.05, 0) is 44.9 Å². The quantitative estimate of drug-likeness (QED) is 0.0361. The first kappa shape index (κ1) is 67.8. The zero-order chi connectivity index (χ0) is 50.0. The molecule has 0 aliphatic heterocycles. The van der Waals surface area contributed by atoms with Gasteiger partial charge in [0.2, 0.25) is 5.91 Å². The summed E-state index contributed by atoms with van der Waals surface area (Å²) in [6.45, 7) is 4.26. The minimum absolute atomic E-state index is 0.0174. The highest BCUT2D eigenvalue weighted by molar-refractivity contribution is 5.76. The standard InChI is InChI=1S/C64H125NO4/c1-3-5-7-9-11-13-15-17-19-21-23-25-27-28-29-30-31-32-33-34-36-37-39-41-43-45-47-49-51-53-55-57-61(67)59-64(69)65-62(60-66)63(68)58-56-54-52-50-48-46-44-42-40-38-35-26-24-22-20-18-16-14-12-10-8-6-4-2/h28-29,56,58,61-63,66-68H,3-27,30-55,57,59-60H2,1-2H3,(H,65,69)/b29-28-,58-56+. The molecule has 0 heterocycles. The molecule has 69 heavy (non-hydrogen) atoms. The van der Waals surface area contributed by atoms with Gasteiger partial charge in [0.15, 0.2) is 0 Å². The predicted octanol–water partition coefficient (Wildman–Crippen LogP) is 20.0. The second kappa shape index (κ2) is 59.4. The lowest BCUT2D eigenvalue weighted by Gasteiger charge is -2.21. The second-order valence-electron chi connectivity index (χ2n) is 22.0. The van der Waals surface area contributed by atoms with E-state index in [2.05, 4.69) is 31.3 Å². The lowest BCUT2D eigenvalue weighted by atomic mass is 10.0. The Balaban J connectivity index is 3.51. The van der Waals surface area contributed by atoms with Crippen molar-refractivity contribution in [3.05, 3.63) is 24.3 Å². The van der Waals surface area contributed by atoms with Crippen LogP contribution in [0.3, 0.4) is 0 Å². The Kier molecular flexibility index (Phi) is 58.4. The van der Waals surface area contributed by atoms with Crippen LogP contribution in [0.5, 0.6) is 0 Å². The smallest absolute Gasteiger partial charge is 0.222 e. The molecule has 0 aliphatic carbocycles. The van der Waals surface area contributed by atoms with Crippen LogP contribution in [-0.2, 0) is 4.79 Å². The molecule has 4 N–H and O–H groups in total. The van der Waals surface area contributed by atoms with E-state index in [0.717, 1.165) is 25.7 Å².